The number of ether oxygens (including phenoxy) is 1. The number of nitrogens with zero attached hydrogens (tertiary/aromatic N) is 2. The Kier molecular flexibility index (Phi) is 3.90. The van der Waals surface area contributed by atoms with Crippen molar-refractivity contribution in [3.63, 3.8) is 0 Å². The van der Waals surface area contributed by atoms with E-state index in [0.29, 0.717) is 13.1 Å². The zero-order valence-electron chi connectivity index (χ0n) is 11.7. The van der Waals surface area contributed by atoms with E-state index in [1.54, 1.807) is 18.7 Å². The van der Waals surface area contributed by atoms with Gasteiger partial charge in [-0.3, -0.25) is 4.79 Å². The summed E-state index contributed by atoms with van der Waals surface area (Å²) in [5, 5.41) is 11.7. The van der Waals surface area contributed by atoms with Crippen molar-refractivity contribution in [1.82, 2.24) is 4.90 Å². The van der Waals surface area contributed by atoms with Crippen LogP contribution in [0.3, 0.4) is 0 Å². The van der Waals surface area contributed by atoms with Gasteiger partial charge in [0.15, 0.2) is 5.84 Å². The predicted molar refractivity (Wildman–Crippen MR) is 68.4 cm³/mol. The molecule has 0 saturated carbocycles. The van der Waals surface area contributed by atoms with Crippen LogP contribution in [0.5, 0.6) is 0 Å². The zero-order valence-corrected chi connectivity index (χ0v) is 11.7. The van der Waals surface area contributed by atoms with E-state index in [2.05, 4.69) is 5.16 Å². The highest BCUT2D eigenvalue weighted by Gasteiger charge is 2.41. The number of amides is 1. The molecule has 0 bridgehead atoms. The van der Waals surface area contributed by atoms with Gasteiger partial charge in [-0.25, -0.2) is 0 Å². The SMILES string of the molecule is CC1CN(C(=O)C(C)(C)C(N)=NO)CC(C)(C)O1. The fourth-order valence-electron chi connectivity index (χ4n) is 2.24. The summed E-state index contributed by atoms with van der Waals surface area (Å²) < 4.78 is 5.75. The Morgan fingerprint density at radius 3 is 2.56 bits per heavy atom. The molecule has 0 aromatic carbocycles. The smallest absolute Gasteiger partial charge is 0.236 e. The lowest BCUT2D eigenvalue weighted by atomic mass is 9.89. The summed E-state index contributed by atoms with van der Waals surface area (Å²) in [6.45, 7) is 10.1. The highest BCUT2D eigenvalue weighted by Crippen LogP contribution is 2.26. The van der Waals surface area contributed by atoms with Gasteiger partial charge in [-0.2, -0.15) is 0 Å². The first-order valence-electron chi connectivity index (χ1n) is 6.05. The van der Waals surface area contributed by atoms with E-state index in [1.807, 2.05) is 20.8 Å². The number of carbonyl (C=O) groups excluding carboxylic acids is 1. The first kappa shape index (κ1) is 14.8. The lowest BCUT2D eigenvalue weighted by Crippen LogP contribution is -2.58. The van der Waals surface area contributed by atoms with Gasteiger partial charge < -0.3 is 20.6 Å². The van der Waals surface area contributed by atoms with Crippen molar-refractivity contribution in [2.45, 2.75) is 46.3 Å². The van der Waals surface area contributed by atoms with Crippen LogP contribution in [0.15, 0.2) is 5.16 Å². The second-order valence-electron chi connectivity index (χ2n) is 5.98. The number of morpholine rings is 1. The minimum atomic E-state index is -1.01. The van der Waals surface area contributed by atoms with Crippen molar-refractivity contribution in [3.8, 4) is 0 Å². The third-order valence-corrected chi connectivity index (χ3v) is 3.14. The van der Waals surface area contributed by atoms with E-state index in [4.69, 9.17) is 15.7 Å². The molecule has 0 spiro atoms. The van der Waals surface area contributed by atoms with Gasteiger partial charge in [-0.05, 0) is 34.6 Å². The second-order valence-corrected chi connectivity index (χ2v) is 5.98. The van der Waals surface area contributed by atoms with Gasteiger partial charge in [0.2, 0.25) is 5.91 Å². The topological polar surface area (TPSA) is 88.2 Å². The van der Waals surface area contributed by atoms with Crippen molar-refractivity contribution in [1.29, 1.82) is 0 Å². The molecule has 1 unspecified atom stereocenters. The molecule has 1 aliphatic rings. The monoisotopic (exact) mass is 257 g/mol. The van der Waals surface area contributed by atoms with E-state index in [-0.39, 0.29) is 23.4 Å². The molecule has 0 aromatic rings. The Hall–Kier alpha value is -1.30. The van der Waals surface area contributed by atoms with Gasteiger partial charge in [0.05, 0.1) is 11.7 Å². The number of carbonyl (C=O) groups is 1. The normalized spacial score (nSPS) is 25.1. The largest absolute Gasteiger partial charge is 0.409 e. The van der Waals surface area contributed by atoms with Gasteiger partial charge in [-0.1, -0.05) is 5.16 Å². The molecule has 1 rings (SSSR count). The molecule has 1 aliphatic heterocycles. The molecule has 1 heterocycles. The van der Waals surface area contributed by atoms with Gasteiger partial charge in [0.1, 0.15) is 5.41 Å². The van der Waals surface area contributed by atoms with Crippen molar-refractivity contribution >= 4 is 11.7 Å². The highest BCUT2D eigenvalue weighted by molar-refractivity contribution is 6.05. The van der Waals surface area contributed by atoms with Gasteiger partial charge in [-0.15, -0.1) is 0 Å². The molecular formula is C12H23N3O3. The molecule has 3 N–H and O–H groups in total. The van der Waals surface area contributed by atoms with Gasteiger partial charge in [0.25, 0.3) is 0 Å². The quantitative estimate of drug-likeness (QED) is 0.331. The van der Waals surface area contributed by atoms with Crippen LogP contribution in [0.2, 0.25) is 0 Å². The third kappa shape index (κ3) is 2.93. The van der Waals surface area contributed by atoms with Gasteiger partial charge in [0, 0.05) is 13.1 Å². The summed E-state index contributed by atoms with van der Waals surface area (Å²) in [4.78, 5) is 14.2. The number of rotatable bonds is 2. The Bertz CT molecular complexity index is 364. The van der Waals surface area contributed by atoms with Gasteiger partial charge >= 0.3 is 0 Å². The van der Waals surface area contributed by atoms with E-state index in [1.165, 1.54) is 0 Å². The molecule has 1 fully saturated rings. The number of amidine groups is 1. The van der Waals surface area contributed by atoms with Crippen LogP contribution in [-0.4, -0.2) is 46.6 Å². The summed E-state index contributed by atoms with van der Waals surface area (Å²) in [5.74, 6) is -0.231. The lowest BCUT2D eigenvalue weighted by Gasteiger charge is -2.43. The average molecular weight is 257 g/mol. The Morgan fingerprint density at radius 2 is 2.11 bits per heavy atom. The molecule has 1 atom stereocenters. The molecule has 1 amide bonds. The first-order valence-corrected chi connectivity index (χ1v) is 6.05. The second kappa shape index (κ2) is 4.76. The van der Waals surface area contributed by atoms with E-state index >= 15 is 0 Å². The molecule has 104 valence electrons. The number of nitrogens with two attached hydrogens (primary N) is 1. The van der Waals surface area contributed by atoms with Crippen molar-refractivity contribution in [2.75, 3.05) is 13.1 Å². The summed E-state index contributed by atoms with van der Waals surface area (Å²) in [6, 6.07) is 0. The standard InChI is InChI=1S/C12H23N3O3/c1-8-6-15(7-11(2,3)18-8)10(16)12(4,5)9(13)14-17/h8,17H,6-7H2,1-5H3,(H2,13,14). The summed E-state index contributed by atoms with van der Waals surface area (Å²) >= 11 is 0. The number of hydrogen-bond acceptors (Lipinski definition) is 4. The van der Waals surface area contributed by atoms with Crippen LogP contribution in [0.25, 0.3) is 0 Å². The molecule has 0 aromatic heterocycles. The Balaban J connectivity index is 2.91. The average Bonchev–Trinajstić information content (AvgIpc) is 2.23. The minimum absolute atomic E-state index is 0.0270. The first-order chi connectivity index (χ1) is 8.10. The van der Waals surface area contributed by atoms with E-state index < -0.39 is 5.41 Å². The van der Waals surface area contributed by atoms with Crippen molar-refractivity contribution in [2.24, 2.45) is 16.3 Å². The van der Waals surface area contributed by atoms with E-state index in [9.17, 15) is 4.79 Å². The molecule has 0 radical (unpaired) electrons. The summed E-state index contributed by atoms with van der Waals surface area (Å²) in [7, 11) is 0. The molecule has 0 aliphatic carbocycles. The molecular weight excluding hydrogens is 234 g/mol. The third-order valence-electron chi connectivity index (χ3n) is 3.14. The molecule has 6 nitrogen and oxygen atoms in total. The Labute approximate surface area is 108 Å². The van der Waals surface area contributed by atoms with E-state index in [0.717, 1.165) is 0 Å². The predicted octanol–water partition coefficient (Wildman–Crippen LogP) is 0.785. The lowest BCUT2D eigenvalue weighted by molar-refractivity contribution is -0.162. The summed E-state index contributed by atoms with van der Waals surface area (Å²) in [5.41, 5.74) is 4.19. The van der Waals surface area contributed by atoms with Crippen LogP contribution < -0.4 is 5.73 Å². The number of hydrogen-bond donors (Lipinski definition) is 2. The molecule has 6 heteroatoms. The van der Waals surface area contributed by atoms with Crippen LogP contribution in [0, 0.1) is 5.41 Å². The van der Waals surface area contributed by atoms with Crippen molar-refractivity contribution in [3.05, 3.63) is 0 Å². The maximum Gasteiger partial charge on any atom is 0.236 e. The minimum Gasteiger partial charge on any atom is -0.409 e. The van der Waals surface area contributed by atoms with Crippen LogP contribution >= 0.6 is 0 Å². The van der Waals surface area contributed by atoms with Crippen LogP contribution in [0.4, 0.5) is 0 Å². The fourth-order valence-corrected chi connectivity index (χ4v) is 2.24. The molecule has 18 heavy (non-hydrogen) atoms. The Morgan fingerprint density at radius 1 is 1.56 bits per heavy atom. The van der Waals surface area contributed by atoms with Crippen LogP contribution in [-0.2, 0) is 9.53 Å². The highest BCUT2D eigenvalue weighted by atomic mass is 16.5. The fraction of sp³-hybridized carbons (Fsp3) is 0.833. The zero-order chi connectivity index (χ0) is 14.1. The van der Waals surface area contributed by atoms with Crippen LogP contribution in [0.1, 0.15) is 34.6 Å². The molecule has 1 saturated heterocycles. The van der Waals surface area contributed by atoms with Crippen molar-refractivity contribution < 1.29 is 14.7 Å². The maximum absolute atomic E-state index is 12.5. The number of oxime groups is 1. The summed E-state index contributed by atoms with van der Waals surface area (Å²) in [6.07, 6.45) is -0.0270. The maximum atomic E-state index is 12.5.